The first-order chi connectivity index (χ1) is 10.8. The van der Waals surface area contributed by atoms with E-state index in [2.05, 4.69) is 0 Å². The van der Waals surface area contributed by atoms with Gasteiger partial charge >= 0.3 is 6.18 Å². The summed E-state index contributed by atoms with van der Waals surface area (Å²) in [4.78, 5) is -1.82. The summed E-state index contributed by atoms with van der Waals surface area (Å²) in [6, 6.07) is 5.45. The van der Waals surface area contributed by atoms with Crippen molar-refractivity contribution in [1.29, 1.82) is 0 Å². The van der Waals surface area contributed by atoms with Crippen LogP contribution >= 0.6 is 0 Å². The summed E-state index contributed by atoms with van der Waals surface area (Å²) in [6.07, 6.45) is -4.69. The van der Waals surface area contributed by atoms with Gasteiger partial charge in [-0.1, -0.05) is 6.07 Å². The SMILES string of the molecule is Nc1cc(C(F)(F)F)ccc1S(=O)(=O)c1cccc(S(=O)(=O)O)c1. The number of hydrogen-bond donors (Lipinski definition) is 2. The number of alkyl halides is 3. The van der Waals surface area contributed by atoms with Crippen molar-refractivity contribution < 1.29 is 34.6 Å². The summed E-state index contributed by atoms with van der Waals surface area (Å²) in [5.41, 5.74) is 3.66. The number of nitrogens with two attached hydrogens (primary N) is 1. The number of benzene rings is 2. The monoisotopic (exact) mass is 381 g/mol. The van der Waals surface area contributed by atoms with Crippen LogP contribution in [-0.4, -0.2) is 21.4 Å². The van der Waals surface area contributed by atoms with Crippen molar-refractivity contribution >= 4 is 25.6 Å². The molecule has 24 heavy (non-hydrogen) atoms. The number of rotatable bonds is 3. The van der Waals surface area contributed by atoms with Gasteiger partial charge in [0.05, 0.1) is 25.9 Å². The lowest BCUT2D eigenvalue weighted by Crippen LogP contribution is -2.10. The number of sulfone groups is 1. The van der Waals surface area contributed by atoms with Crippen LogP contribution in [0.3, 0.4) is 0 Å². The summed E-state index contributed by atoms with van der Waals surface area (Å²) in [5.74, 6) is 0. The second-order valence-electron chi connectivity index (χ2n) is 4.70. The third kappa shape index (κ3) is 3.52. The number of halogens is 3. The fraction of sp³-hybridized carbons (Fsp3) is 0.0769. The van der Waals surface area contributed by atoms with E-state index in [1.807, 2.05) is 0 Å². The summed E-state index contributed by atoms with van der Waals surface area (Å²) in [6.45, 7) is 0. The molecule has 0 saturated carbocycles. The number of anilines is 1. The zero-order valence-corrected chi connectivity index (χ0v) is 13.3. The normalized spacial score (nSPS) is 13.0. The lowest BCUT2D eigenvalue weighted by atomic mass is 10.2. The Kier molecular flexibility index (Phi) is 4.37. The first-order valence-electron chi connectivity index (χ1n) is 6.13. The Bertz CT molecular complexity index is 999. The number of nitrogen functional groups attached to an aromatic ring is 1. The third-order valence-electron chi connectivity index (χ3n) is 3.04. The Morgan fingerprint density at radius 1 is 0.917 bits per heavy atom. The second-order valence-corrected chi connectivity index (χ2v) is 8.04. The first-order valence-corrected chi connectivity index (χ1v) is 9.05. The van der Waals surface area contributed by atoms with Crippen molar-refractivity contribution in [2.45, 2.75) is 20.9 Å². The highest BCUT2D eigenvalue weighted by atomic mass is 32.2. The quantitative estimate of drug-likeness (QED) is 0.623. The highest BCUT2D eigenvalue weighted by Crippen LogP contribution is 2.34. The van der Waals surface area contributed by atoms with E-state index < -0.39 is 52.1 Å². The molecule has 3 N–H and O–H groups in total. The molecule has 0 unspecified atom stereocenters. The second kappa shape index (κ2) is 5.76. The van der Waals surface area contributed by atoms with Crippen LogP contribution in [0, 0.1) is 0 Å². The van der Waals surface area contributed by atoms with Gasteiger partial charge in [0.1, 0.15) is 0 Å². The maximum absolute atomic E-state index is 12.6. The topological polar surface area (TPSA) is 115 Å². The molecule has 0 aliphatic carbocycles. The molecule has 2 aromatic rings. The van der Waals surface area contributed by atoms with E-state index in [9.17, 15) is 30.0 Å². The van der Waals surface area contributed by atoms with Crippen molar-refractivity contribution in [2.75, 3.05) is 5.73 Å². The molecule has 0 atom stereocenters. The molecule has 0 aromatic heterocycles. The van der Waals surface area contributed by atoms with Gasteiger partial charge in [0.25, 0.3) is 10.1 Å². The zero-order chi connectivity index (χ0) is 18.3. The minimum absolute atomic E-state index is 0.472. The van der Waals surface area contributed by atoms with Crippen LogP contribution in [0.1, 0.15) is 5.56 Å². The Morgan fingerprint density at radius 2 is 1.50 bits per heavy atom. The molecule has 0 aliphatic rings. The smallest absolute Gasteiger partial charge is 0.398 e. The van der Waals surface area contributed by atoms with E-state index in [-0.39, 0.29) is 0 Å². The van der Waals surface area contributed by atoms with Gasteiger partial charge in [-0.2, -0.15) is 21.6 Å². The van der Waals surface area contributed by atoms with Gasteiger partial charge < -0.3 is 5.73 Å². The molecule has 11 heteroatoms. The molecule has 0 bridgehead atoms. The fourth-order valence-corrected chi connectivity index (χ4v) is 3.91. The number of hydrogen-bond acceptors (Lipinski definition) is 5. The van der Waals surface area contributed by atoms with Gasteiger partial charge in [-0.05, 0) is 36.4 Å². The Labute approximate surface area is 135 Å². The van der Waals surface area contributed by atoms with Gasteiger partial charge in [0, 0.05) is 0 Å². The highest BCUT2D eigenvalue weighted by Gasteiger charge is 2.32. The highest BCUT2D eigenvalue weighted by molar-refractivity contribution is 7.91. The molecule has 0 heterocycles. The average Bonchev–Trinajstić information content (AvgIpc) is 2.45. The van der Waals surface area contributed by atoms with E-state index in [0.29, 0.717) is 24.3 Å². The Morgan fingerprint density at radius 3 is 2.00 bits per heavy atom. The van der Waals surface area contributed by atoms with Crippen molar-refractivity contribution in [1.82, 2.24) is 0 Å². The lowest BCUT2D eigenvalue weighted by Gasteiger charge is -2.12. The van der Waals surface area contributed by atoms with E-state index in [1.54, 1.807) is 0 Å². The standard InChI is InChI=1S/C13H10F3NO5S2/c14-13(15,16)8-4-5-12(11(17)6-8)23(18,19)9-2-1-3-10(7-9)24(20,21)22/h1-7H,17H2,(H,20,21,22). The minimum Gasteiger partial charge on any atom is -0.398 e. The maximum atomic E-state index is 12.6. The van der Waals surface area contributed by atoms with Gasteiger partial charge in [-0.3, -0.25) is 4.55 Å². The predicted molar refractivity (Wildman–Crippen MR) is 77.6 cm³/mol. The average molecular weight is 381 g/mol. The van der Waals surface area contributed by atoms with Crippen molar-refractivity contribution in [3.8, 4) is 0 Å². The molecule has 0 saturated heterocycles. The summed E-state index contributed by atoms with van der Waals surface area (Å²) in [7, 11) is -9.03. The van der Waals surface area contributed by atoms with Crippen LogP contribution in [0.5, 0.6) is 0 Å². The van der Waals surface area contributed by atoms with Crippen molar-refractivity contribution in [3.63, 3.8) is 0 Å². The molecule has 0 spiro atoms. The first kappa shape index (κ1) is 18.2. The van der Waals surface area contributed by atoms with Crippen LogP contribution in [0.25, 0.3) is 0 Å². The largest absolute Gasteiger partial charge is 0.416 e. The molecule has 0 aliphatic heterocycles. The van der Waals surface area contributed by atoms with E-state index >= 15 is 0 Å². The summed E-state index contributed by atoms with van der Waals surface area (Å²) >= 11 is 0. The fourth-order valence-electron chi connectivity index (χ4n) is 1.90. The van der Waals surface area contributed by atoms with Crippen LogP contribution in [0.4, 0.5) is 18.9 Å². The Balaban J connectivity index is 2.60. The lowest BCUT2D eigenvalue weighted by molar-refractivity contribution is -0.137. The van der Waals surface area contributed by atoms with Gasteiger partial charge in [0.2, 0.25) is 9.84 Å². The van der Waals surface area contributed by atoms with Crippen LogP contribution in [0.15, 0.2) is 57.2 Å². The van der Waals surface area contributed by atoms with Gasteiger partial charge in [-0.15, -0.1) is 0 Å². The molecule has 2 aromatic carbocycles. The van der Waals surface area contributed by atoms with Gasteiger partial charge in [-0.25, -0.2) is 8.42 Å². The van der Waals surface area contributed by atoms with Crippen molar-refractivity contribution in [2.24, 2.45) is 0 Å². The van der Waals surface area contributed by atoms with Crippen molar-refractivity contribution in [3.05, 3.63) is 48.0 Å². The molecule has 2 rings (SSSR count). The summed E-state index contributed by atoms with van der Waals surface area (Å²) in [5, 5.41) is 0. The van der Waals surface area contributed by atoms with E-state index in [0.717, 1.165) is 18.2 Å². The molecular weight excluding hydrogens is 371 g/mol. The maximum Gasteiger partial charge on any atom is 0.416 e. The Hall–Kier alpha value is -2.11. The molecule has 0 amide bonds. The zero-order valence-electron chi connectivity index (χ0n) is 11.6. The molecular formula is C13H10F3NO5S2. The van der Waals surface area contributed by atoms with Crippen LogP contribution in [0.2, 0.25) is 0 Å². The molecule has 6 nitrogen and oxygen atoms in total. The third-order valence-corrected chi connectivity index (χ3v) is 5.72. The molecule has 0 radical (unpaired) electrons. The minimum atomic E-state index is -4.69. The molecule has 130 valence electrons. The predicted octanol–water partition coefficient (Wildman–Crippen LogP) is 2.37. The molecule has 0 fully saturated rings. The van der Waals surface area contributed by atoms with Crippen LogP contribution in [-0.2, 0) is 26.1 Å². The van der Waals surface area contributed by atoms with E-state index in [4.69, 9.17) is 10.3 Å². The summed E-state index contributed by atoms with van der Waals surface area (Å²) < 4.78 is 93.8. The van der Waals surface area contributed by atoms with E-state index in [1.165, 1.54) is 0 Å². The van der Waals surface area contributed by atoms with Crippen LogP contribution < -0.4 is 5.73 Å². The van der Waals surface area contributed by atoms with Gasteiger partial charge in [0.15, 0.2) is 0 Å².